The zero-order valence-electron chi connectivity index (χ0n) is 13.1. The molecule has 0 aromatic carbocycles. The minimum Gasteiger partial charge on any atom is -0.463 e. The van der Waals surface area contributed by atoms with Crippen molar-refractivity contribution < 1.29 is 14.5 Å². The van der Waals surface area contributed by atoms with Gasteiger partial charge in [-0.2, -0.15) is 4.98 Å². The summed E-state index contributed by atoms with van der Waals surface area (Å²) in [6.45, 7) is 3.89. The molecular formula is C14H19ClN4O4. The van der Waals surface area contributed by atoms with E-state index in [4.69, 9.17) is 16.3 Å². The lowest BCUT2D eigenvalue weighted by Gasteiger charge is -2.29. The van der Waals surface area contributed by atoms with E-state index in [2.05, 4.69) is 9.97 Å². The Morgan fingerprint density at radius 1 is 1.61 bits per heavy atom. The average Bonchev–Trinajstić information content (AvgIpc) is 3.30. The minimum atomic E-state index is -0.531. The first-order valence-corrected chi connectivity index (χ1v) is 7.92. The Morgan fingerprint density at radius 2 is 2.30 bits per heavy atom. The number of carbonyl (C=O) groups is 1. The van der Waals surface area contributed by atoms with Gasteiger partial charge in [0.2, 0.25) is 11.1 Å². The molecule has 1 aliphatic rings. The van der Waals surface area contributed by atoms with E-state index in [-0.39, 0.29) is 41.4 Å². The molecule has 0 saturated heterocycles. The number of anilines is 1. The van der Waals surface area contributed by atoms with Gasteiger partial charge in [0.25, 0.3) is 0 Å². The van der Waals surface area contributed by atoms with Crippen molar-refractivity contribution in [1.82, 2.24) is 9.97 Å². The number of ether oxygens (including phenoxy) is 1. The van der Waals surface area contributed by atoms with Crippen LogP contribution in [0.25, 0.3) is 0 Å². The van der Waals surface area contributed by atoms with Crippen LogP contribution in [0.15, 0.2) is 6.20 Å². The first-order chi connectivity index (χ1) is 10.9. The van der Waals surface area contributed by atoms with Gasteiger partial charge in [-0.1, -0.05) is 6.92 Å². The van der Waals surface area contributed by atoms with Gasteiger partial charge in [-0.15, -0.1) is 0 Å². The number of halogens is 1. The normalized spacial score (nSPS) is 15.1. The SMILES string of the molecule is CCCC(=O)OCC(C)N(c1nc(Cl)ncc1[N+](=O)[O-])C1CC1. The molecule has 1 aliphatic carbocycles. The molecule has 9 heteroatoms. The monoisotopic (exact) mass is 342 g/mol. The molecule has 1 aromatic rings. The van der Waals surface area contributed by atoms with E-state index < -0.39 is 4.92 Å². The number of hydrogen-bond acceptors (Lipinski definition) is 7. The smallest absolute Gasteiger partial charge is 0.329 e. The van der Waals surface area contributed by atoms with Crippen LogP contribution in [-0.2, 0) is 9.53 Å². The van der Waals surface area contributed by atoms with Gasteiger partial charge in [0.15, 0.2) is 0 Å². The summed E-state index contributed by atoms with van der Waals surface area (Å²) < 4.78 is 5.23. The molecule has 1 aromatic heterocycles. The zero-order chi connectivity index (χ0) is 17.0. The van der Waals surface area contributed by atoms with E-state index in [0.717, 1.165) is 19.0 Å². The molecule has 2 rings (SSSR count). The van der Waals surface area contributed by atoms with Gasteiger partial charge in [0, 0.05) is 12.5 Å². The molecule has 0 radical (unpaired) electrons. The van der Waals surface area contributed by atoms with E-state index in [1.165, 1.54) is 0 Å². The molecule has 23 heavy (non-hydrogen) atoms. The Balaban J connectivity index is 2.20. The van der Waals surface area contributed by atoms with Crippen LogP contribution in [0.4, 0.5) is 11.5 Å². The number of aromatic nitrogens is 2. The van der Waals surface area contributed by atoms with Crippen molar-refractivity contribution in [3.8, 4) is 0 Å². The van der Waals surface area contributed by atoms with Crippen LogP contribution in [0.2, 0.25) is 5.28 Å². The summed E-state index contributed by atoms with van der Waals surface area (Å²) in [5.74, 6) is -0.0955. The summed E-state index contributed by atoms with van der Waals surface area (Å²) >= 11 is 5.81. The molecule has 126 valence electrons. The zero-order valence-corrected chi connectivity index (χ0v) is 13.8. The van der Waals surface area contributed by atoms with E-state index in [1.807, 2.05) is 18.7 Å². The van der Waals surface area contributed by atoms with Crippen LogP contribution in [0.5, 0.6) is 0 Å². The molecular weight excluding hydrogens is 324 g/mol. The molecule has 1 saturated carbocycles. The fraction of sp³-hybridized carbons (Fsp3) is 0.643. The Morgan fingerprint density at radius 3 is 2.87 bits per heavy atom. The molecule has 0 aliphatic heterocycles. The number of esters is 1. The first kappa shape index (κ1) is 17.4. The Hall–Kier alpha value is -1.96. The number of hydrogen-bond donors (Lipinski definition) is 0. The van der Waals surface area contributed by atoms with E-state index in [0.29, 0.717) is 12.8 Å². The van der Waals surface area contributed by atoms with Gasteiger partial charge < -0.3 is 9.64 Å². The summed E-state index contributed by atoms with van der Waals surface area (Å²) in [6.07, 6.45) is 4.00. The highest BCUT2D eigenvalue weighted by Gasteiger charge is 2.37. The molecule has 1 atom stereocenters. The Bertz CT molecular complexity index is 594. The Kier molecular flexibility index (Phi) is 5.70. The quantitative estimate of drug-likeness (QED) is 0.310. The second-order valence-corrected chi connectivity index (χ2v) is 5.86. The van der Waals surface area contributed by atoms with Crippen LogP contribution >= 0.6 is 11.6 Å². The maximum absolute atomic E-state index is 11.5. The molecule has 1 heterocycles. The molecule has 0 bridgehead atoms. The first-order valence-electron chi connectivity index (χ1n) is 7.55. The van der Waals surface area contributed by atoms with Gasteiger partial charge in [0.1, 0.15) is 12.8 Å². The van der Waals surface area contributed by atoms with Gasteiger partial charge in [0.05, 0.1) is 11.0 Å². The van der Waals surface area contributed by atoms with E-state index >= 15 is 0 Å². The highest BCUT2D eigenvalue weighted by molar-refractivity contribution is 6.28. The fourth-order valence-corrected chi connectivity index (χ4v) is 2.46. The molecule has 0 amide bonds. The molecule has 1 fully saturated rings. The third kappa shape index (κ3) is 4.51. The second-order valence-electron chi connectivity index (χ2n) is 5.53. The van der Waals surface area contributed by atoms with Gasteiger partial charge in [-0.3, -0.25) is 14.9 Å². The maximum atomic E-state index is 11.5. The predicted molar refractivity (Wildman–Crippen MR) is 84.5 cm³/mol. The lowest BCUT2D eigenvalue weighted by Crippen LogP contribution is -2.40. The molecule has 1 unspecified atom stereocenters. The summed E-state index contributed by atoms with van der Waals surface area (Å²) in [4.78, 5) is 31.8. The summed E-state index contributed by atoms with van der Waals surface area (Å²) in [5, 5.41) is 11.2. The highest BCUT2D eigenvalue weighted by atomic mass is 35.5. The molecule has 8 nitrogen and oxygen atoms in total. The van der Waals surface area contributed by atoms with Gasteiger partial charge in [-0.25, -0.2) is 4.98 Å². The summed E-state index contributed by atoms with van der Waals surface area (Å²) in [6, 6.07) is -0.104. The number of carbonyl (C=O) groups excluding carboxylic acids is 1. The van der Waals surface area contributed by atoms with Gasteiger partial charge >= 0.3 is 11.7 Å². The van der Waals surface area contributed by atoms with Crippen LogP contribution in [0, 0.1) is 10.1 Å². The van der Waals surface area contributed by atoms with Crippen LogP contribution in [0.1, 0.15) is 39.5 Å². The van der Waals surface area contributed by atoms with E-state index in [1.54, 1.807) is 0 Å². The fourth-order valence-electron chi connectivity index (χ4n) is 2.33. The topological polar surface area (TPSA) is 98.5 Å². The van der Waals surface area contributed by atoms with Crippen molar-refractivity contribution in [2.75, 3.05) is 11.5 Å². The predicted octanol–water partition coefficient (Wildman–Crippen LogP) is 2.74. The van der Waals surface area contributed by atoms with Crippen molar-refractivity contribution >= 4 is 29.1 Å². The maximum Gasteiger partial charge on any atom is 0.329 e. The third-order valence-electron chi connectivity index (χ3n) is 3.52. The highest BCUT2D eigenvalue weighted by Crippen LogP contribution is 2.37. The van der Waals surface area contributed by atoms with Crippen molar-refractivity contribution in [3.63, 3.8) is 0 Å². The summed E-state index contributed by atoms with van der Waals surface area (Å²) in [7, 11) is 0. The lowest BCUT2D eigenvalue weighted by atomic mass is 10.2. The standard InChI is InChI=1S/C14H19ClN4O4/c1-3-4-12(20)23-8-9(2)18(10-5-6-10)13-11(19(21)22)7-16-14(15)17-13/h7,9-10H,3-6,8H2,1-2H3. The number of nitrogens with zero attached hydrogens (tertiary/aromatic N) is 4. The molecule has 0 N–H and O–H groups in total. The average molecular weight is 343 g/mol. The molecule has 0 spiro atoms. The van der Waals surface area contributed by atoms with E-state index in [9.17, 15) is 14.9 Å². The van der Waals surface area contributed by atoms with Gasteiger partial charge in [-0.05, 0) is 37.8 Å². The lowest BCUT2D eigenvalue weighted by molar-refractivity contribution is -0.384. The number of rotatable bonds is 8. The van der Waals surface area contributed by atoms with Crippen molar-refractivity contribution in [3.05, 3.63) is 21.6 Å². The van der Waals surface area contributed by atoms with Crippen molar-refractivity contribution in [2.45, 2.75) is 51.6 Å². The minimum absolute atomic E-state index is 0.0496. The summed E-state index contributed by atoms with van der Waals surface area (Å²) in [5.41, 5.74) is -0.201. The number of nitro groups is 1. The Labute approximate surface area is 139 Å². The van der Waals surface area contributed by atoms with Crippen LogP contribution in [-0.4, -0.2) is 39.6 Å². The third-order valence-corrected chi connectivity index (χ3v) is 3.70. The largest absolute Gasteiger partial charge is 0.463 e. The van der Waals surface area contributed by atoms with Crippen LogP contribution in [0.3, 0.4) is 0 Å². The second kappa shape index (κ2) is 7.54. The van der Waals surface area contributed by atoms with Crippen LogP contribution < -0.4 is 4.90 Å². The van der Waals surface area contributed by atoms with Crippen molar-refractivity contribution in [1.29, 1.82) is 0 Å². The van der Waals surface area contributed by atoms with Crippen molar-refractivity contribution in [2.24, 2.45) is 0 Å².